The molecule has 0 bridgehead atoms. The lowest BCUT2D eigenvalue weighted by atomic mass is 9.99. The molecule has 2 rings (SSSR count). The van der Waals surface area contributed by atoms with Crippen LogP contribution in [0.2, 0.25) is 0 Å². The third-order valence-corrected chi connectivity index (χ3v) is 2.88. The lowest BCUT2D eigenvalue weighted by molar-refractivity contribution is 0.380. The molecule has 1 fully saturated rings. The molecule has 1 aromatic heterocycles. The Bertz CT molecular complexity index is 282. The van der Waals surface area contributed by atoms with Gasteiger partial charge in [0.2, 0.25) is 0 Å². The van der Waals surface area contributed by atoms with Crippen molar-refractivity contribution in [1.29, 1.82) is 0 Å². The van der Waals surface area contributed by atoms with Gasteiger partial charge in [0, 0.05) is 19.8 Å². The SMILES string of the molecule is CN(CC1CCCNC1)c1cccnn1. The van der Waals surface area contributed by atoms with E-state index in [0.29, 0.717) is 0 Å². The highest BCUT2D eigenvalue weighted by Crippen LogP contribution is 2.14. The zero-order valence-corrected chi connectivity index (χ0v) is 9.19. The van der Waals surface area contributed by atoms with E-state index in [0.717, 1.165) is 24.8 Å². The molecule has 82 valence electrons. The summed E-state index contributed by atoms with van der Waals surface area (Å²) in [6, 6.07) is 3.93. The van der Waals surface area contributed by atoms with E-state index in [2.05, 4.69) is 27.5 Å². The molecule has 0 saturated carbocycles. The third-order valence-electron chi connectivity index (χ3n) is 2.88. The molecule has 1 aliphatic heterocycles. The second-order valence-corrected chi connectivity index (χ2v) is 4.17. The predicted octanol–water partition coefficient (Wildman–Crippen LogP) is 0.912. The van der Waals surface area contributed by atoms with Gasteiger partial charge in [0.1, 0.15) is 0 Å². The Balaban J connectivity index is 1.88. The molecule has 1 atom stereocenters. The number of hydrogen-bond donors (Lipinski definition) is 1. The van der Waals surface area contributed by atoms with Gasteiger partial charge in [-0.15, -0.1) is 5.10 Å². The van der Waals surface area contributed by atoms with E-state index >= 15 is 0 Å². The van der Waals surface area contributed by atoms with Crippen molar-refractivity contribution in [3.05, 3.63) is 18.3 Å². The van der Waals surface area contributed by atoms with Crippen molar-refractivity contribution in [1.82, 2.24) is 15.5 Å². The molecule has 4 nitrogen and oxygen atoms in total. The molecular formula is C11H18N4. The Kier molecular flexibility index (Phi) is 3.50. The smallest absolute Gasteiger partial charge is 0.150 e. The van der Waals surface area contributed by atoms with Crippen LogP contribution < -0.4 is 10.2 Å². The maximum atomic E-state index is 4.10. The predicted molar refractivity (Wildman–Crippen MR) is 60.9 cm³/mol. The number of piperidine rings is 1. The van der Waals surface area contributed by atoms with Gasteiger partial charge in [-0.2, -0.15) is 5.10 Å². The summed E-state index contributed by atoms with van der Waals surface area (Å²) in [5.74, 6) is 1.70. The molecule has 1 saturated heterocycles. The summed E-state index contributed by atoms with van der Waals surface area (Å²) >= 11 is 0. The van der Waals surface area contributed by atoms with Crippen LogP contribution in [0.25, 0.3) is 0 Å². The molecule has 2 heterocycles. The second kappa shape index (κ2) is 5.07. The summed E-state index contributed by atoms with van der Waals surface area (Å²) in [6.45, 7) is 3.36. The highest BCUT2D eigenvalue weighted by Gasteiger charge is 2.15. The standard InChI is InChI=1S/C11H18N4/c1-15(11-5-3-7-13-14-11)9-10-4-2-6-12-8-10/h3,5,7,10,12H,2,4,6,8-9H2,1H3. The molecule has 0 spiro atoms. The van der Waals surface area contributed by atoms with Crippen LogP contribution in [0.15, 0.2) is 18.3 Å². The molecule has 1 aliphatic rings. The first kappa shape index (κ1) is 10.4. The van der Waals surface area contributed by atoms with Crippen molar-refractivity contribution >= 4 is 5.82 Å². The van der Waals surface area contributed by atoms with Gasteiger partial charge in [0.15, 0.2) is 5.82 Å². The van der Waals surface area contributed by atoms with Gasteiger partial charge in [-0.3, -0.25) is 0 Å². The first-order valence-corrected chi connectivity index (χ1v) is 5.56. The highest BCUT2D eigenvalue weighted by molar-refractivity contribution is 5.34. The summed E-state index contributed by atoms with van der Waals surface area (Å²) in [4.78, 5) is 2.19. The van der Waals surface area contributed by atoms with Gasteiger partial charge in [-0.1, -0.05) is 0 Å². The van der Waals surface area contributed by atoms with Gasteiger partial charge in [-0.05, 0) is 44.0 Å². The normalized spacial score (nSPS) is 21.3. The quantitative estimate of drug-likeness (QED) is 0.798. The van der Waals surface area contributed by atoms with Crippen LogP contribution in [0.3, 0.4) is 0 Å². The van der Waals surface area contributed by atoms with Gasteiger partial charge in [0.05, 0.1) is 0 Å². The fourth-order valence-corrected chi connectivity index (χ4v) is 2.06. The van der Waals surface area contributed by atoms with Crippen LogP contribution in [0.4, 0.5) is 5.82 Å². The number of nitrogens with zero attached hydrogens (tertiary/aromatic N) is 3. The van der Waals surface area contributed by atoms with E-state index in [4.69, 9.17) is 0 Å². The summed E-state index contributed by atoms with van der Waals surface area (Å²) in [5.41, 5.74) is 0. The van der Waals surface area contributed by atoms with Crippen molar-refractivity contribution in [2.75, 3.05) is 31.6 Å². The van der Waals surface area contributed by atoms with Crippen LogP contribution in [0.1, 0.15) is 12.8 Å². The topological polar surface area (TPSA) is 41.0 Å². The van der Waals surface area contributed by atoms with E-state index < -0.39 is 0 Å². The Morgan fingerprint density at radius 3 is 3.20 bits per heavy atom. The minimum absolute atomic E-state index is 0.741. The molecule has 1 N–H and O–H groups in total. The van der Waals surface area contributed by atoms with Crippen LogP contribution in [0, 0.1) is 5.92 Å². The minimum atomic E-state index is 0.741. The van der Waals surface area contributed by atoms with E-state index in [1.165, 1.54) is 19.4 Å². The molecule has 0 radical (unpaired) electrons. The largest absolute Gasteiger partial charge is 0.358 e. The lowest BCUT2D eigenvalue weighted by Crippen LogP contribution is -2.37. The van der Waals surface area contributed by atoms with E-state index in [1.54, 1.807) is 6.20 Å². The number of rotatable bonds is 3. The fourth-order valence-electron chi connectivity index (χ4n) is 2.06. The minimum Gasteiger partial charge on any atom is -0.358 e. The summed E-state index contributed by atoms with van der Waals surface area (Å²) in [6.07, 6.45) is 4.32. The lowest BCUT2D eigenvalue weighted by Gasteiger charge is -2.27. The molecule has 0 aromatic carbocycles. The fraction of sp³-hybridized carbons (Fsp3) is 0.636. The van der Waals surface area contributed by atoms with E-state index in [9.17, 15) is 0 Å². The molecule has 1 unspecified atom stereocenters. The van der Waals surface area contributed by atoms with Crippen LogP contribution >= 0.6 is 0 Å². The Morgan fingerprint density at radius 2 is 2.53 bits per heavy atom. The monoisotopic (exact) mass is 206 g/mol. The number of anilines is 1. The number of hydrogen-bond acceptors (Lipinski definition) is 4. The molecule has 15 heavy (non-hydrogen) atoms. The van der Waals surface area contributed by atoms with E-state index in [-0.39, 0.29) is 0 Å². The van der Waals surface area contributed by atoms with Crippen LogP contribution in [-0.2, 0) is 0 Å². The average Bonchev–Trinajstić information content (AvgIpc) is 2.31. The molecule has 0 amide bonds. The maximum Gasteiger partial charge on any atom is 0.150 e. The van der Waals surface area contributed by atoms with Crippen molar-refractivity contribution in [2.45, 2.75) is 12.8 Å². The maximum absolute atomic E-state index is 4.10. The van der Waals surface area contributed by atoms with E-state index in [1.807, 2.05) is 12.1 Å². The first-order chi connectivity index (χ1) is 7.36. The third kappa shape index (κ3) is 2.89. The Labute approximate surface area is 90.7 Å². The second-order valence-electron chi connectivity index (χ2n) is 4.17. The van der Waals surface area contributed by atoms with Gasteiger partial charge in [0.25, 0.3) is 0 Å². The Hall–Kier alpha value is -1.16. The van der Waals surface area contributed by atoms with Crippen molar-refractivity contribution in [3.63, 3.8) is 0 Å². The van der Waals surface area contributed by atoms with Gasteiger partial charge in [-0.25, -0.2) is 0 Å². The molecule has 4 heteroatoms. The highest BCUT2D eigenvalue weighted by atomic mass is 15.2. The zero-order chi connectivity index (χ0) is 10.5. The van der Waals surface area contributed by atoms with Crippen molar-refractivity contribution in [3.8, 4) is 0 Å². The molecule has 0 aliphatic carbocycles. The zero-order valence-electron chi connectivity index (χ0n) is 9.19. The van der Waals surface area contributed by atoms with Gasteiger partial charge < -0.3 is 10.2 Å². The van der Waals surface area contributed by atoms with Crippen LogP contribution in [-0.4, -0.2) is 36.9 Å². The Morgan fingerprint density at radius 1 is 1.60 bits per heavy atom. The number of aromatic nitrogens is 2. The summed E-state index contributed by atoms with van der Waals surface area (Å²) in [5, 5.41) is 11.4. The number of nitrogens with one attached hydrogen (secondary N) is 1. The van der Waals surface area contributed by atoms with Crippen molar-refractivity contribution < 1.29 is 0 Å². The van der Waals surface area contributed by atoms with Crippen LogP contribution in [0.5, 0.6) is 0 Å². The molecule has 1 aromatic rings. The first-order valence-electron chi connectivity index (χ1n) is 5.56. The summed E-state index contributed by atoms with van der Waals surface area (Å²) < 4.78 is 0. The average molecular weight is 206 g/mol. The molecular weight excluding hydrogens is 188 g/mol. The summed E-state index contributed by atoms with van der Waals surface area (Å²) in [7, 11) is 2.08. The van der Waals surface area contributed by atoms with Gasteiger partial charge >= 0.3 is 0 Å². The van der Waals surface area contributed by atoms with Crippen molar-refractivity contribution in [2.24, 2.45) is 5.92 Å².